The fourth-order valence-corrected chi connectivity index (χ4v) is 1.88. The molecule has 0 unspecified atom stereocenters. The van der Waals surface area contributed by atoms with Crippen LogP contribution < -0.4 is 11.1 Å². The zero-order chi connectivity index (χ0) is 15.3. The number of carbonyl (C=O) groups excluding carboxylic acids is 1. The highest BCUT2D eigenvalue weighted by atomic mass is 19.4. The van der Waals surface area contributed by atoms with Gasteiger partial charge in [0.1, 0.15) is 0 Å². The molecule has 0 radical (unpaired) electrons. The predicted molar refractivity (Wildman–Crippen MR) is 70.7 cm³/mol. The van der Waals surface area contributed by atoms with Crippen LogP contribution in [0.4, 0.5) is 13.2 Å². The van der Waals surface area contributed by atoms with Gasteiger partial charge in [-0.2, -0.15) is 13.2 Å². The Hall–Kier alpha value is -1.56. The molecule has 3 nitrogen and oxygen atoms in total. The van der Waals surface area contributed by atoms with E-state index in [0.717, 1.165) is 6.07 Å². The molecule has 0 saturated heterocycles. The van der Waals surface area contributed by atoms with Crippen LogP contribution in [-0.2, 0) is 17.5 Å². The third kappa shape index (κ3) is 4.85. The number of hydrogen-bond donors (Lipinski definition) is 2. The van der Waals surface area contributed by atoms with E-state index in [9.17, 15) is 18.0 Å². The quantitative estimate of drug-likeness (QED) is 0.875. The van der Waals surface area contributed by atoms with E-state index in [1.807, 2.05) is 13.8 Å². The van der Waals surface area contributed by atoms with E-state index < -0.39 is 23.7 Å². The van der Waals surface area contributed by atoms with Crippen molar-refractivity contribution in [3.63, 3.8) is 0 Å². The first kappa shape index (κ1) is 16.5. The van der Waals surface area contributed by atoms with Crippen molar-refractivity contribution < 1.29 is 18.0 Å². The molecule has 1 aromatic carbocycles. The first-order valence-electron chi connectivity index (χ1n) is 6.40. The smallest absolute Gasteiger partial charge is 0.351 e. The van der Waals surface area contributed by atoms with E-state index in [0.29, 0.717) is 6.42 Å². The summed E-state index contributed by atoms with van der Waals surface area (Å²) in [5.74, 6) is -0.186. The lowest BCUT2D eigenvalue weighted by Gasteiger charge is -2.16. The molecule has 0 aliphatic heterocycles. The van der Waals surface area contributed by atoms with Gasteiger partial charge in [-0.3, -0.25) is 4.79 Å². The summed E-state index contributed by atoms with van der Waals surface area (Å²) in [6.45, 7) is 3.67. The third-order valence-electron chi connectivity index (χ3n) is 2.84. The second-order valence-electron chi connectivity index (χ2n) is 5.11. The molecule has 1 rings (SSSR count). The lowest BCUT2D eigenvalue weighted by atomic mass is 10.0. The number of rotatable bonds is 5. The molecule has 6 heteroatoms. The molecule has 1 aromatic rings. The second kappa shape index (κ2) is 6.74. The second-order valence-corrected chi connectivity index (χ2v) is 5.11. The number of amides is 1. The topological polar surface area (TPSA) is 55.1 Å². The van der Waals surface area contributed by atoms with Crippen molar-refractivity contribution >= 4 is 5.91 Å². The number of halogens is 3. The van der Waals surface area contributed by atoms with E-state index in [4.69, 9.17) is 5.73 Å². The van der Waals surface area contributed by atoms with E-state index in [-0.39, 0.29) is 18.0 Å². The summed E-state index contributed by atoms with van der Waals surface area (Å²) in [5.41, 5.74) is 4.97. The maximum absolute atomic E-state index is 12.8. The minimum Gasteiger partial charge on any atom is -0.351 e. The minimum atomic E-state index is -4.43. The summed E-state index contributed by atoms with van der Waals surface area (Å²) < 4.78 is 38.3. The molecule has 0 heterocycles. The monoisotopic (exact) mass is 288 g/mol. The van der Waals surface area contributed by atoms with Crippen LogP contribution >= 0.6 is 0 Å². The van der Waals surface area contributed by atoms with Crippen molar-refractivity contribution in [2.45, 2.75) is 39.0 Å². The van der Waals surface area contributed by atoms with Gasteiger partial charge in [0.05, 0.1) is 11.6 Å². The Labute approximate surface area is 116 Å². The van der Waals surface area contributed by atoms with Crippen LogP contribution in [0.1, 0.15) is 31.4 Å². The molecule has 112 valence electrons. The highest BCUT2D eigenvalue weighted by Gasteiger charge is 2.32. The summed E-state index contributed by atoms with van der Waals surface area (Å²) in [6, 6.07) is 4.46. The van der Waals surface area contributed by atoms with Gasteiger partial charge in [-0.1, -0.05) is 32.0 Å². The standard InChI is InChI=1S/C14H19F3N2O/c1-9(2)7-12(18)13(20)19-8-10-5-3-4-6-11(10)14(15,16)17/h3-6,9,12H,7-8,18H2,1-2H3,(H,19,20)/t12-/m1/s1. The number of alkyl halides is 3. The Kier molecular flexibility index (Phi) is 5.56. The highest BCUT2D eigenvalue weighted by molar-refractivity contribution is 5.81. The van der Waals surface area contributed by atoms with Crippen LogP contribution in [0.15, 0.2) is 24.3 Å². The zero-order valence-corrected chi connectivity index (χ0v) is 11.5. The molecule has 0 bridgehead atoms. The van der Waals surface area contributed by atoms with Gasteiger partial charge in [0, 0.05) is 6.54 Å². The lowest BCUT2D eigenvalue weighted by Crippen LogP contribution is -2.41. The first-order valence-corrected chi connectivity index (χ1v) is 6.40. The molecular weight excluding hydrogens is 269 g/mol. The Bertz CT molecular complexity index is 458. The molecular formula is C14H19F3N2O. The van der Waals surface area contributed by atoms with Gasteiger partial charge in [-0.25, -0.2) is 0 Å². The van der Waals surface area contributed by atoms with Crippen molar-refractivity contribution in [2.24, 2.45) is 11.7 Å². The summed E-state index contributed by atoms with van der Waals surface area (Å²) >= 11 is 0. The number of hydrogen-bond acceptors (Lipinski definition) is 2. The molecule has 1 atom stereocenters. The zero-order valence-electron chi connectivity index (χ0n) is 11.5. The highest BCUT2D eigenvalue weighted by Crippen LogP contribution is 2.31. The Morgan fingerprint density at radius 3 is 2.45 bits per heavy atom. The molecule has 0 spiro atoms. The Balaban J connectivity index is 2.69. The summed E-state index contributed by atoms with van der Waals surface area (Å²) in [4.78, 5) is 11.7. The molecule has 0 saturated carbocycles. The molecule has 1 amide bonds. The largest absolute Gasteiger partial charge is 0.416 e. The van der Waals surface area contributed by atoms with Gasteiger partial charge in [-0.15, -0.1) is 0 Å². The van der Waals surface area contributed by atoms with Crippen LogP contribution in [0.3, 0.4) is 0 Å². The van der Waals surface area contributed by atoms with Gasteiger partial charge in [0.25, 0.3) is 0 Å². The Morgan fingerprint density at radius 2 is 1.90 bits per heavy atom. The predicted octanol–water partition coefficient (Wildman–Crippen LogP) is 2.70. The van der Waals surface area contributed by atoms with Crippen molar-refractivity contribution in [1.29, 1.82) is 0 Å². The van der Waals surface area contributed by atoms with Crippen molar-refractivity contribution in [3.8, 4) is 0 Å². The van der Waals surface area contributed by atoms with Gasteiger partial charge in [0.15, 0.2) is 0 Å². The van der Waals surface area contributed by atoms with Crippen LogP contribution in [0.2, 0.25) is 0 Å². The number of nitrogens with one attached hydrogen (secondary N) is 1. The molecule has 0 aliphatic rings. The molecule has 0 aromatic heterocycles. The minimum absolute atomic E-state index is 0.0325. The van der Waals surface area contributed by atoms with E-state index in [1.54, 1.807) is 0 Å². The summed E-state index contributed by atoms with van der Waals surface area (Å²) in [6.07, 6.45) is -3.94. The Morgan fingerprint density at radius 1 is 1.30 bits per heavy atom. The van der Waals surface area contributed by atoms with E-state index in [1.165, 1.54) is 18.2 Å². The maximum Gasteiger partial charge on any atom is 0.416 e. The van der Waals surface area contributed by atoms with E-state index >= 15 is 0 Å². The average molecular weight is 288 g/mol. The molecule has 3 N–H and O–H groups in total. The van der Waals surface area contributed by atoms with E-state index in [2.05, 4.69) is 5.32 Å². The van der Waals surface area contributed by atoms with Crippen molar-refractivity contribution in [1.82, 2.24) is 5.32 Å². The van der Waals surface area contributed by atoms with Crippen LogP contribution in [0.25, 0.3) is 0 Å². The fourth-order valence-electron chi connectivity index (χ4n) is 1.88. The van der Waals surface area contributed by atoms with Gasteiger partial charge < -0.3 is 11.1 Å². The van der Waals surface area contributed by atoms with Crippen molar-refractivity contribution in [2.75, 3.05) is 0 Å². The SMILES string of the molecule is CC(C)C[C@@H](N)C(=O)NCc1ccccc1C(F)(F)F. The van der Waals surface area contributed by atoms with Gasteiger partial charge >= 0.3 is 6.18 Å². The molecule has 20 heavy (non-hydrogen) atoms. The number of benzene rings is 1. The van der Waals surface area contributed by atoms with Gasteiger partial charge in [0.2, 0.25) is 5.91 Å². The summed E-state index contributed by atoms with van der Waals surface area (Å²) in [7, 11) is 0. The average Bonchev–Trinajstić information content (AvgIpc) is 2.34. The number of carbonyl (C=O) groups is 1. The number of nitrogens with two attached hydrogens (primary N) is 1. The third-order valence-corrected chi connectivity index (χ3v) is 2.84. The fraction of sp³-hybridized carbons (Fsp3) is 0.500. The molecule has 0 aliphatic carbocycles. The van der Waals surface area contributed by atoms with Crippen LogP contribution in [-0.4, -0.2) is 11.9 Å². The lowest BCUT2D eigenvalue weighted by molar-refractivity contribution is -0.138. The van der Waals surface area contributed by atoms with Crippen LogP contribution in [0.5, 0.6) is 0 Å². The summed E-state index contributed by atoms with van der Waals surface area (Å²) in [5, 5.41) is 2.45. The normalized spacial score (nSPS) is 13.3. The maximum atomic E-state index is 12.8. The van der Waals surface area contributed by atoms with Crippen LogP contribution in [0, 0.1) is 5.92 Å². The van der Waals surface area contributed by atoms with Gasteiger partial charge in [-0.05, 0) is 24.0 Å². The first-order chi connectivity index (χ1) is 9.21. The van der Waals surface area contributed by atoms with Crippen molar-refractivity contribution in [3.05, 3.63) is 35.4 Å². The molecule has 0 fully saturated rings.